The van der Waals surface area contributed by atoms with Gasteiger partial charge in [-0.05, 0) is 44.9 Å². The van der Waals surface area contributed by atoms with Gasteiger partial charge in [0, 0.05) is 0 Å². The monoisotopic (exact) mass is 260 g/mol. The van der Waals surface area contributed by atoms with Crippen LogP contribution in [0.5, 0.6) is 11.5 Å². The van der Waals surface area contributed by atoms with Gasteiger partial charge in [-0.15, -0.1) is 0 Å². The molecule has 100 valence electrons. The average molecular weight is 260 g/mol. The van der Waals surface area contributed by atoms with Crippen LogP contribution in [0.1, 0.15) is 32.3 Å². The molecule has 0 radical (unpaired) electrons. The highest BCUT2D eigenvalue weighted by Crippen LogP contribution is 2.40. The second-order valence-electron chi connectivity index (χ2n) is 4.64. The van der Waals surface area contributed by atoms with E-state index in [4.69, 9.17) is 9.47 Å². The third-order valence-electron chi connectivity index (χ3n) is 2.45. The van der Waals surface area contributed by atoms with Crippen LogP contribution in [-0.4, -0.2) is 12.2 Å². The molecular formula is C13H15F3O2. The molecule has 0 saturated heterocycles. The summed E-state index contributed by atoms with van der Waals surface area (Å²) in [5, 5.41) is 0. The van der Waals surface area contributed by atoms with E-state index in [2.05, 4.69) is 0 Å². The van der Waals surface area contributed by atoms with E-state index < -0.39 is 11.7 Å². The zero-order valence-electron chi connectivity index (χ0n) is 10.3. The molecule has 0 heterocycles. The molecule has 1 fully saturated rings. The van der Waals surface area contributed by atoms with Crippen LogP contribution < -0.4 is 9.47 Å². The van der Waals surface area contributed by atoms with Gasteiger partial charge in [-0.2, -0.15) is 13.2 Å². The van der Waals surface area contributed by atoms with Crippen LogP contribution in [0.4, 0.5) is 13.2 Å². The van der Waals surface area contributed by atoms with E-state index in [0.29, 0.717) is 0 Å². The molecule has 0 amide bonds. The second-order valence-corrected chi connectivity index (χ2v) is 4.64. The molecule has 5 heteroatoms. The SMILES string of the molecule is CC(C)Oc1ccc(OC2CC2)c(C(F)(F)F)c1. The number of benzene rings is 1. The molecule has 1 aromatic rings. The van der Waals surface area contributed by atoms with Crippen molar-refractivity contribution in [3.05, 3.63) is 23.8 Å². The molecule has 2 rings (SSSR count). The topological polar surface area (TPSA) is 18.5 Å². The van der Waals surface area contributed by atoms with E-state index in [1.54, 1.807) is 13.8 Å². The molecular weight excluding hydrogens is 245 g/mol. The van der Waals surface area contributed by atoms with Crippen molar-refractivity contribution in [1.29, 1.82) is 0 Å². The van der Waals surface area contributed by atoms with Crippen LogP contribution in [-0.2, 0) is 6.18 Å². The van der Waals surface area contributed by atoms with Crippen LogP contribution >= 0.6 is 0 Å². The smallest absolute Gasteiger partial charge is 0.420 e. The highest BCUT2D eigenvalue weighted by molar-refractivity contribution is 5.42. The summed E-state index contributed by atoms with van der Waals surface area (Å²) in [6, 6.07) is 3.84. The van der Waals surface area contributed by atoms with Gasteiger partial charge in [0.15, 0.2) is 0 Å². The Morgan fingerprint density at radius 1 is 1.22 bits per heavy atom. The predicted molar refractivity (Wildman–Crippen MR) is 60.9 cm³/mol. The van der Waals surface area contributed by atoms with Crippen molar-refractivity contribution in [2.75, 3.05) is 0 Å². The van der Waals surface area contributed by atoms with Crippen molar-refractivity contribution in [2.24, 2.45) is 0 Å². The summed E-state index contributed by atoms with van der Waals surface area (Å²) in [6.45, 7) is 3.53. The summed E-state index contributed by atoms with van der Waals surface area (Å²) in [6.07, 6.45) is -3.02. The summed E-state index contributed by atoms with van der Waals surface area (Å²) in [5.41, 5.74) is -0.771. The fraction of sp³-hybridized carbons (Fsp3) is 0.538. The fourth-order valence-corrected chi connectivity index (χ4v) is 1.54. The Bertz CT molecular complexity index is 423. The van der Waals surface area contributed by atoms with Gasteiger partial charge in [-0.1, -0.05) is 0 Å². The molecule has 0 N–H and O–H groups in total. The van der Waals surface area contributed by atoms with Crippen molar-refractivity contribution in [1.82, 2.24) is 0 Å². The first-order chi connectivity index (χ1) is 8.36. The quantitative estimate of drug-likeness (QED) is 0.813. The molecule has 1 aliphatic rings. The third-order valence-corrected chi connectivity index (χ3v) is 2.45. The maximum Gasteiger partial charge on any atom is 0.420 e. The molecule has 0 bridgehead atoms. The first-order valence-corrected chi connectivity index (χ1v) is 5.91. The third kappa shape index (κ3) is 3.31. The van der Waals surface area contributed by atoms with E-state index in [9.17, 15) is 13.2 Å². The maximum atomic E-state index is 12.9. The van der Waals surface area contributed by atoms with E-state index in [-0.39, 0.29) is 23.7 Å². The van der Waals surface area contributed by atoms with Gasteiger partial charge in [0.25, 0.3) is 0 Å². The van der Waals surface area contributed by atoms with Crippen molar-refractivity contribution in [3.63, 3.8) is 0 Å². The first-order valence-electron chi connectivity index (χ1n) is 5.91. The molecule has 0 aromatic heterocycles. The molecule has 1 aliphatic carbocycles. The lowest BCUT2D eigenvalue weighted by atomic mass is 10.2. The minimum Gasteiger partial charge on any atom is -0.491 e. The Morgan fingerprint density at radius 3 is 2.39 bits per heavy atom. The highest BCUT2D eigenvalue weighted by Gasteiger charge is 2.36. The molecule has 0 aliphatic heterocycles. The van der Waals surface area contributed by atoms with Gasteiger partial charge < -0.3 is 9.47 Å². The minimum absolute atomic E-state index is 0.0667. The fourth-order valence-electron chi connectivity index (χ4n) is 1.54. The summed E-state index contributed by atoms with van der Waals surface area (Å²) in [5.74, 6) is 0.0987. The number of halogens is 3. The van der Waals surface area contributed by atoms with Gasteiger partial charge in [0.2, 0.25) is 0 Å². The van der Waals surface area contributed by atoms with Crippen LogP contribution in [0.3, 0.4) is 0 Å². The number of rotatable bonds is 4. The van der Waals surface area contributed by atoms with Crippen LogP contribution in [0.2, 0.25) is 0 Å². The van der Waals surface area contributed by atoms with Crippen molar-refractivity contribution >= 4 is 0 Å². The first kappa shape index (κ1) is 13.1. The highest BCUT2D eigenvalue weighted by atomic mass is 19.4. The molecule has 18 heavy (non-hydrogen) atoms. The Labute approximate surface area is 104 Å². The number of hydrogen-bond acceptors (Lipinski definition) is 2. The summed E-state index contributed by atoms with van der Waals surface area (Å²) in [4.78, 5) is 0. The summed E-state index contributed by atoms with van der Waals surface area (Å²) >= 11 is 0. The predicted octanol–water partition coefficient (Wildman–Crippen LogP) is 4.03. The Morgan fingerprint density at radius 2 is 1.89 bits per heavy atom. The lowest BCUT2D eigenvalue weighted by molar-refractivity contribution is -0.139. The second kappa shape index (κ2) is 4.71. The Kier molecular flexibility index (Phi) is 3.41. The molecule has 0 atom stereocenters. The van der Waals surface area contributed by atoms with Crippen molar-refractivity contribution < 1.29 is 22.6 Å². The largest absolute Gasteiger partial charge is 0.491 e. The van der Waals surface area contributed by atoms with E-state index >= 15 is 0 Å². The van der Waals surface area contributed by atoms with E-state index in [0.717, 1.165) is 18.9 Å². The van der Waals surface area contributed by atoms with E-state index in [1.165, 1.54) is 12.1 Å². The molecule has 2 nitrogen and oxygen atoms in total. The van der Waals surface area contributed by atoms with Crippen LogP contribution in [0.15, 0.2) is 18.2 Å². The minimum atomic E-state index is -4.43. The average Bonchev–Trinajstić information content (AvgIpc) is 3.02. The summed E-state index contributed by atoms with van der Waals surface area (Å²) in [7, 11) is 0. The van der Waals surface area contributed by atoms with Gasteiger partial charge >= 0.3 is 6.18 Å². The van der Waals surface area contributed by atoms with Gasteiger partial charge in [0.05, 0.1) is 12.2 Å². The van der Waals surface area contributed by atoms with Crippen molar-refractivity contribution in [3.8, 4) is 11.5 Å². The summed E-state index contributed by atoms with van der Waals surface area (Å²) < 4.78 is 49.2. The lowest BCUT2D eigenvalue weighted by Crippen LogP contribution is -2.11. The van der Waals surface area contributed by atoms with Gasteiger partial charge in [-0.3, -0.25) is 0 Å². The Hall–Kier alpha value is -1.39. The molecule has 1 aromatic carbocycles. The number of alkyl halides is 3. The van der Waals surface area contributed by atoms with Crippen molar-refractivity contribution in [2.45, 2.75) is 45.1 Å². The van der Waals surface area contributed by atoms with Gasteiger partial charge in [0.1, 0.15) is 17.1 Å². The lowest BCUT2D eigenvalue weighted by Gasteiger charge is -2.16. The van der Waals surface area contributed by atoms with Crippen LogP contribution in [0.25, 0.3) is 0 Å². The normalized spacial score (nSPS) is 15.9. The zero-order chi connectivity index (χ0) is 13.3. The number of ether oxygens (including phenoxy) is 2. The molecule has 1 saturated carbocycles. The molecule has 0 spiro atoms. The van der Waals surface area contributed by atoms with Gasteiger partial charge in [-0.25, -0.2) is 0 Å². The van der Waals surface area contributed by atoms with E-state index in [1.807, 2.05) is 0 Å². The Balaban J connectivity index is 2.28. The maximum absolute atomic E-state index is 12.9. The van der Waals surface area contributed by atoms with Crippen LogP contribution in [0, 0.1) is 0 Å². The standard InChI is InChI=1S/C13H15F3O2/c1-8(2)17-10-5-6-12(18-9-3-4-9)11(7-10)13(14,15)16/h5-9H,3-4H2,1-2H3. The number of hydrogen-bond donors (Lipinski definition) is 0. The molecule has 0 unspecified atom stereocenters. The zero-order valence-corrected chi connectivity index (χ0v) is 10.3.